The molecule has 0 saturated heterocycles. The second-order valence-corrected chi connectivity index (χ2v) is 5.50. The van der Waals surface area contributed by atoms with Crippen molar-refractivity contribution in [2.75, 3.05) is 20.3 Å². The van der Waals surface area contributed by atoms with E-state index in [9.17, 15) is 9.59 Å². The van der Waals surface area contributed by atoms with Crippen LogP contribution in [0.5, 0.6) is 11.5 Å². The van der Waals surface area contributed by atoms with Crippen LogP contribution >= 0.6 is 0 Å². The van der Waals surface area contributed by atoms with Crippen molar-refractivity contribution in [1.29, 1.82) is 0 Å². The summed E-state index contributed by atoms with van der Waals surface area (Å²) in [6.45, 7) is 2.14. The summed E-state index contributed by atoms with van der Waals surface area (Å²) in [6.07, 6.45) is 0. The molecule has 0 spiro atoms. The Hall–Kier alpha value is -3.02. The summed E-state index contributed by atoms with van der Waals surface area (Å²) >= 11 is 0. The largest absolute Gasteiger partial charge is 0.497 e. The van der Waals surface area contributed by atoms with E-state index in [0.717, 1.165) is 16.9 Å². The lowest BCUT2D eigenvalue weighted by molar-refractivity contribution is -0.127. The number of rotatable bonds is 8. The highest BCUT2D eigenvalue weighted by Crippen LogP contribution is 2.11. The number of amides is 2. The van der Waals surface area contributed by atoms with Crippen LogP contribution < -0.4 is 20.1 Å². The van der Waals surface area contributed by atoms with Gasteiger partial charge in [0.05, 0.1) is 13.7 Å². The van der Waals surface area contributed by atoms with Crippen LogP contribution in [0.3, 0.4) is 0 Å². The summed E-state index contributed by atoms with van der Waals surface area (Å²) in [7, 11) is 1.60. The minimum absolute atomic E-state index is 0.0910. The van der Waals surface area contributed by atoms with Crippen LogP contribution in [0.2, 0.25) is 0 Å². The molecule has 0 aliphatic heterocycles. The van der Waals surface area contributed by atoms with Crippen molar-refractivity contribution in [2.24, 2.45) is 0 Å². The predicted octanol–water partition coefficient (Wildman–Crippen LogP) is 1.82. The van der Waals surface area contributed by atoms with Gasteiger partial charge in [-0.2, -0.15) is 0 Å². The van der Waals surface area contributed by atoms with Crippen molar-refractivity contribution in [3.63, 3.8) is 0 Å². The molecule has 0 aliphatic rings. The van der Waals surface area contributed by atoms with Gasteiger partial charge in [-0.3, -0.25) is 9.59 Å². The Morgan fingerprint density at radius 3 is 2.16 bits per heavy atom. The molecule has 0 radical (unpaired) electrons. The number of benzene rings is 2. The van der Waals surface area contributed by atoms with E-state index in [1.165, 1.54) is 0 Å². The van der Waals surface area contributed by atoms with Gasteiger partial charge in [0.25, 0.3) is 5.91 Å². The molecular weight excluding hydrogens is 320 g/mol. The molecule has 0 unspecified atom stereocenters. The van der Waals surface area contributed by atoms with E-state index in [-0.39, 0.29) is 25.0 Å². The first kappa shape index (κ1) is 18.3. The van der Waals surface area contributed by atoms with E-state index in [2.05, 4.69) is 10.6 Å². The summed E-state index contributed by atoms with van der Waals surface area (Å²) in [5, 5.41) is 5.26. The second-order valence-electron chi connectivity index (χ2n) is 5.50. The topological polar surface area (TPSA) is 76.7 Å². The van der Waals surface area contributed by atoms with Crippen LogP contribution in [0.15, 0.2) is 48.5 Å². The van der Waals surface area contributed by atoms with Crippen molar-refractivity contribution >= 4 is 11.8 Å². The van der Waals surface area contributed by atoms with E-state index in [1.807, 2.05) is 43.3 Å². The molecule has 0 aromatic heterocycles. The highest BCUT2D eigenvalue weighted by atomic mass is 16.5. The Balaban J connectivity index is 1.64. The molecule has 2 N–H and O–H groups in total. The van der Waals surface area contributed by atoms with E-state index in [0.29, 0.717) is 12.3 Å². The molecule has 2 rings (SSSR count). The van der Waals surface area contributed by atoms with Crippen molar-refractivity contribution in [1.82, 2.24) is 10.6 Å². The average Bonchev–Trinajstić information content (AvgIpc) is 2.64. The lowest BCUT2D eigenvalue weighted by Crippen LogP contribution is -2.38. The SMILES string of the molecule is COc1ccc(CNC(=O)CNC(=O)COc2ccc(C)cc2)cc1. The van der Waals surface area contributed by atoms with Crippen LogP contribution in [0.1, 0.15) is 11.1 Å². The monoisotopic (exact) mass is 342 g/mol. The maximum atomic E-state index is 11.8. The molecule has 6 heteroatoms. The summed E-state index contributed by atoms with van der Waals surface area (Å²) in [6, 6.07) is 14.8. The molecule has 0 bridgehead atoms. The maximum Gasteiger partial charge on any atom is 0.258 e. The van der Waals surface area contributed by atoms with Crippen molar-refractivity contribution in [2.45, 2.75) is 13.5 Å². The number of carbonyl (C=O) groups excluding carboxylic acids is 2. The Morgan fingerprint density at radius 1 is 0.880 bits per heavy atom. The molecule has 2 amide bonds. The predicted molar refractivity (Wildman–Crippen MR) is 94.5 cm³/mol. The van der Waals surface area contributed by atoms with Gasteiger partial charge in [0, 0.05) is 6.54 Å². The Bertz CT molecular complexity index is 696. The number of aryl methyl sites for hydroxylation is 1. The van der Waals surface area contributed by atoms with Crippen molar-refractivity contribution in [3.8, 4) is 11.5 Å². The zero-order chi connectivity index (χ0) is 18.1. The van der Waals surface area contributed by atoms with E-state index >= 15 is 0 Å². The Labute approximate surface area is 147 Å². The molecule has 0 saturated carbocycles. The number of hydrogen-bond donors (Lipinski definition) is 2. The van der Waals surface area contributed by atoms with E-state index in [1.54, 1.807) is 19.2 Å². The number of hydrogen-bond acceptors (Lipinski definition) is 4. The Morgan fingerprint density at radius 2 is 1.52 bits per heavy atom. The van der Waals surface area contributed by atoms with Gasteiger partial charge in [-0.1, -0.05) is 29.8 Å². The lowest BCUT2D eigenvalue weighted by atomic mass is 10.2. The van der Waals surface area contributed by atoms with Gasteiger partial charge in [-0.05, 0) is 36.8 Å². The van der Waals surface area contributed by atoms with Crippen LogP contribution in [-0.2, 0) is 16.1 Å². The van der Waals surface area contributed by atoms with Gasteiger partial charge >= 0.3 is 0 Å². The van der Waals surface area contributed by atoms with E-state index in [4.69, 9.17) is 9.47 Å². The molecule has 2 aromatic carbocycles. The van der Waals surface area contributed by atoms with Crippen LogP contribution in [-0.4, -0.2) is 32.1 Å². The maximum absolute atomic E-state index is 11.8. The molecule has 0 atom stereocenters. The third-order valence-electron chi connectivity index (χ3n) is 3.49. The van der Waals surface area contributed by atoms with Crippen molar-refractivity contribution in [3.05, 3.63) is 59.7 Å². The fraction of sp³-hybridized carbons (Fsp3) is 0.263. The highest BCUT2D eigenvalue weighted by molar-refractivity contribution is 5.85. The third-order valence-corrected chi connectivity index (χ3v) is 3.49. The number of nitrogens with one attached hydrogen (secondary N) is 2. The zero-order valence-electron chi connectivity index (χ0n) is 14.4. The first-order valence-corrected chi connectivity index (χ1v) is 7.92. The number of carbonyl (C=O) groups is 2. The van der Waals surface area contributed by atoms with Crippen molar-refractivity contribution < 1.29 is 19.1 Å². The van der Waals surface area contributed by atoms with Gasteiger partial charge in [0.1, 0.15) is 11.5 Å². The molecule has 0 heterocycles. The first-order valence-electron chi connectivity index (χ1n) is 7.92. The fourth-order valence-corrected chi connectivity index (χ4v) is 2.02. The quantitative estimate of drug-likeness (QED) is 0.767. The van der Waals surface area contributed by atoms with Gasteiger partial charge in [-0.15, -0.1) is 0 Å². The third kappa shape index (κ3) is 6.55. The average molecular weight is 342 g/mol. The standard InChI is InChI=1S/C19H22N2O4/c1-14-3-7-17(8-4-14)25-13-19(23)21-12-18(22)20-11-15-5-9-16(24-2)10-6-15/h3-10H,11-13H2,1-2H3,(H,20,22)(H,21,23). The van der Waals surface area contributed by atoms with Gasteiger partial charge in [0.15, 0.2) is 6.61 Å². The van der Waals surface area contributed by atoms with Gasteiger partial charge in [0.2, 0.25) is 5.91 Å². The number of ether oxygens (including phenoxy) is 2. The van der Waals surface area contributed by atoms with E-state index < -0.39 is 0 Å². The normalized spacial score (nSPS) is 10.0. The number of methoxy groups -OCH3 is 1. The fourth-order valence-electron chi connectivity index (χ4n) is 2.02. The summed E-state index contributed by atoms with van der Waals surface area (Å²) in [5.74, 6) is 0.764. The minimum atomic E-state index is -0.347. The Kier molecular flexibility index (Phi) is 6.83. The molecule has 0 fully saturated rings. The van der Waals surface area contributed by atoms with Gasteiger partial charge < -0.3 is 20.1 Å². The summed E-state index contributed by atoms with van der Waals surface area (Å²) in [4.78, 5) is 23.5. The molecule has 132 valence electrons. The molecular formula is C19H22N2O4. The molecule has 6 nitrogen and oxygen atoms in total. The molecule has 25 heavy (non-hydrogen) atoms. The van der Waals surface area contributed by atoms with Gasteiger partial charge in [-0.25, -0.2) is 0 Å². The minimum Gasteiger partial charge on any atom is -0.497 e. The van der Waals surface area contributed by atoms with Crippen LogP contribution in [0.4, 0.5) is 0 Å². The zero-order valence-corrected chi connectivity index (χ0v) is 14.4. The van der Waals surface area contributed by atoms with Crippen LogP contribution in [0.25, 0.3) is 0 Å². The molecule has 2 aromatic rings. The molecule has 0 aliphatic carbocycles. The lowest BCUT2D eigenvalue weighted by Gasteiger charge is -2.09. The highest BCUT2D eigenvalue weighted by Gasteiger charge is 2.06. The summed E-state index contributed by atoms with van der Waals surface area (Å²) < 4.78 is 10.4. The second kappa shape index (κ2) is 9.32. The first-order chi connectivity index (χ1) is 12.1. The summed E-state index contributed by atoms with van der Waals surface area (Å²) in [5.41, 5.74) is 2.06. The smallest absolute Gasteiger partial charge is 0.258 e. The van der Waals surface area contributed by atoms with Crippen LogP contribution in [0, 0.1) is 6.92 Å².